The van der Waals surface area contributed by atoms with Crippen LogP contribution in [-0.2, 0) is 9.84 Å². The van der Waals surface area contributed by atoms with E-state index in [1.54, 1.807) is 11.8 Å². The molecule has 1 N–H and O–H groups in total. The van der Waals surface area contributed by atoms with Crippen molar-refractivity contribution in [3.8, 4) is 0 Å². The van der Waals surface area contributed by atoms with Crippen LogP contribution in [-0.4, -0.2) is 60.8 Å². The molecular weight excluding hydrogens is 282 g/mol. The topological polar surface area (TPSA) is 57.6 Å². The summed E-state index contributed by atoms with van der Waals surface area (Å²) in [6.45, 7) is 1.56. The molecule has 0 spiro atoms. The number of hydrogen-bond donors (Lipinski definition) is 1. The van der Waals surface area contributed by atoms with Gasteiger partial charge in [-0.15, -0.1) is 0 Å². The zero-order valence-corrected chi connectivity index (χ0v) is 13.3. The van der Waals surface area contributed by atoms with Crippen LogP contribution in [0.25, 0.3) is 0 Å². The van der Waals surface area contributed by atoms with Gasteiger partial charge in [-0.3, -0.25) is 4.90 Å². The molecule has 2 rings (SSSR count). The molecule has 3 unspecified atom stereocenters. The van der Waals surface area contributed by atoms with Crippen LogP contribution in [0, 0.1) is 5.92 Å². The van der Waals surface area contributed by atoms with Gasteiger partial charge in [-0.05, 0) is 18.8 Å². The third kappa shape index (κ3) is 4.34. The van der Waals surface area contributed by atoms with E-state index in [4.69, 9.17) is 0 Å². The first kappa shape index (κ1) is 15.6. The van der Waals surface area contributed by atoms with Crippen molar-refractivity contribution >= 4 is 21.6 Å². The molecule has 0 amide bonds. The molecule has 0 radical (unpaired) electrons. The number of hydrogen-bond acceptors (Lipinski definition) is 5. The highest BCUT2D eigenvalue weighted by Crippen LogP contribution is 2.27. The van der Waals surface area contributed by atoms with Gasteiger partial charge in [-0.1, -0.05) is 19.3 Å². The van der Waals surface area contributed by atoms with E-state index < -0.39 is 9.84 Å². The summed E-state index contributed by atoms with van der Waals surface area (Å²) >= 11 is 1.72. The van der Waals surface area contributed by atoms with Gasteiger partial charge in [0.2, 0.25) is 0 Å². The van der Waals surface area contributed by atoms with E-state index in [2.05, 4.69) is 4.90 Å². The SMILES string of the molecule is CS(=O)(=O)C1CSCCN1CC1CCCCCC1O. The lowest BCUT2D eigenvalue weighted by Gasteiger charge is -2.37. The van der Waals surface area contributed by atoms with E-state index in [9.17, 15) is 13.5 Å². The summed E-state index contributed by atoms with van der Waals surface area (Å²) in [4.78, 5) is 2.09. The average molecular weight is 307 g/mol. The molecule has 1 saturated carbocycles. The van der Waals surface area contributed by atoms with E-state index in [1.165, 1.54) is 12.7 Å². The minimum atomic E-state index is -3.03. The van der Waals surface area contributed by atoms with E-state index in [1.807, 2.05) is 0 Å². The van der Waals surface area contributed by atoms with Gasteiger partial charge in [0.1, 0.15) is 5.37 Å². The molecule has 0 bridgehead atoms. The second-order valence-electron chi connectivity index (χ2n) is 5.82. The maximum Gasteiger partial charge on any atom is 0.164 e. The van der Waals surface area contributed by atoms with Crippen molar-refractivity contribution in [3.05, 3.63) is 0 Å². The van der Waals surface area contributed by atoms with Gasteiger partial charge in [0, 0.05) is 30.9 Å². The second kappa shape index (κ2) is 6.78. The van der Waals surface area contributed by atoms with Crippen LogP contribution in [0.4, 0.5) is 0 Å². The molecule has 1 aliphatic carbocycles. The Balaban J connectivity index is 2.02. The van der Waals surface area contributed by atoms with Crippen molar-refractivity contribution in [1.82, 2.24) is 4.90 Å². The molecule has 1 heterocycles. The highest BCUT2D eigenvalue weighted by atomic mass is 32.2. The van der Waals surface area contributed by atoms with Gasteiger partial charge < -0.3 is 5.11 Å². The Kier molecular flexibility index (Phi) is 5.57. The van der Waals surface area contributed by atoms with Crippen molar-refractivity contribution in [2.45, 2.75) is 43.6 Å². The highest BCUT2D eigenvalue weighted by Gasteiger charge is 2.34. The fourth-order valence-electron chi connectivity index (χ4n) is 3.10. The first-order valence-corrected chi connectivity index (χ1v) is 10.3. The molecule has 1 aliphatic heterocycles. The molecule has 0 aromatic rings. The molecule has 0 aromatic carbocycles. The fourth-order valence-corrected chi connectivity index (χ4v) is 6.05. The Hall–Kier alpha value is 0.220. The minimum absolute atomic E-state index is 0.245. The Morgan fingerprint density at radius 2 is 2.00 bits per heavy atom. The summed E-state index contributed by atoms with van der Waals surface area (Å²) in [6, 6.07) is 0. The van der Waals surface area contributed by atoms with Crippen LogP contribution in [0.5, 0.6) is 0 Å². The third-order valence-electron chi connectivity index (χ3n) is 4.27. The average Bonchev–Trinajstić information content (AvgIpc) is 2.54. The third-order valence-corrected chi connectivity index (χ3v) is 6.96. The smallest absolute Gasteiger partial charge is 0.164 e. The zero-order chi connectivity index (χ0) is 13.9. The predicted molar refractivity (Wildman–Crippen MR) is 80.1 cm³/mol. The van der Waals surface area contributed by atoms with Crippen molar-refractivity contribution in [2.24, 2.45) is 5.92 Å². The number of rotatable bonds is 3. The largest absolute Gasteiger partial charge is 0.393 e. The van der Waals surface area contributed by atoms with Crippen LogP contribution in [0.1, 0.15) is 32.1 Å². The maximum atomic E-state index is 11.9. The zero-order valence-electron chi connectivity index (χ0n) is 11.6. The van der Waals surface area contributed by atoms with Gasteiger partial charge in [0.25, 0.3) is 0 Å². The van der Waals surface area contributed by atoms with Gasteiger partial charge in [0.05, 0.1) is 6.10 Å². The summed E-state index contributed by atoms with van der Waals surface area (Å²) in [6.07, 6.45) is 6.44. The standard InChI is InChI=1S/C13H25NO3S2/c1-19(16,17)13-10-18-8-7-14(13)9-11-5-3-2-4-6-12(11)15/h11-13,15H,2-10H2,1H3. The van der Waals surface area contributed by atoms with E-state index in [-0.39, 0.29) is 17.4 Å². The first-order chi connectivity index (χ1) is 8.98. The van der Waals surface area contributed by atoms with Gasteiger partial charge >= 0.3 is 0 Å². The minimum Gasteiger partial charge on any atom is -0.393 e. The highest BCUT2D eigenvalue weighted by molar-refractivity contribution is 8.00. The monoisotopic (exact) mass is 307 g/mol. The lowest BCUT2D eigenvalue weighted by molar-refractivity contribution is 0.0723. The molecule has 1 saturated heterocycles. The quantitative estimate of drug-likeness (QED) is 0.798. The second-order valence-corrected chi connectivity index (χ2v) is 9.17. The molecule has 4 nitrogen and oxygen atoms in total. The Morgan fingerprint density at radius 3 is 2.74 bits per heavy atom. The van der Waals surface area contributed by atoms with Crippen LogP contribution >= 0.6 is 11.8 Å². The van der Waals surface area contributed by atoms with Gasteiger partial charge in [0.15, 0.2) is 9.84 Å². The van der Waals surface area contributed by atoms with Crippen molar-refractivity contribution < 1.29 is 13.5 Å². The van der Waals surface area contributed by atoms with E-state index in [0.717, 1.165) is 44.5 Å². The predicted octanol–water partition coefficient (Wildman–Crippen LogP) is 1.35. The number of thioether (sulfide) groups is 1. The van der Waals surface area contributed by atoms with Crippen molar-refractivity contribution in [1.29, 1.82) is 0 Å². The van der Waals surface area contributed by atoms with E-state index in [0.29, 0.717) is 5.75 Å². The molecule has 3 atom stereocenters. The summed E-state index contributed by atoms with van der Waals surface area (Å²) in [5.74, 6) is 1.91. The van der Waals surface area contributed by atoms with Crippen LogP contribution in [0.2, 0.25) is 0 Å². The van der Waals surface area contributed by atoms with Crippen molar-refractivity contribution in [2.75, 3.05) is 30.9 Å². The Bertz CT molecular complexity index is 385. The molecule has 6 heteroatoms. The maximum absolute atomic E-state index is 11.9. The Morgan fingerprint density at radius 1 is 1.26 bits per heavy atom. The van der Waals surface area contributed by atoms with Gasteiger partial charge in [-0.25, -0.2) is 8.42 Å². The number of nitrogens with zero attached hydrogens (tertiary/aromatic N) is 1. The van der Waals surface area contributed by atoms with E-state index >= 15 is 0 Å². The lowest BCUT2D eigenvalue weighted by Crippen LogP contribution is -2.49. The molecular formula is C13H25NO3S2. The number of aliphatic hydroxyl groups is 1. The normalized spacial score (nSPS) is 34.9. The molecule has 2 fully saturated rings. The lowest BCUT2D eigenvalue weighted by atomic mass is 9.96. The summed E-state index contributed by atoms with van der Waals surface area (Å²) in [5.41, 5.74) is 0. The molecule has 19 heavy (non-hydrogen) atoms. The van der Waals surface area contributed by atoms with Crippen molar-refractivity contribution in [3.63, 3.8) is 0 Å². The van der Waals surface area contributed by atoms with Crippen LogP contribution < -0.4 is 0 Å². The summed E-state index contributed by atoms with van der Waals surface area (Å²) in [5, 5.41) is 9.83. The fraction of sp³-hybridized carbons (Fsp3) is 1.00. The number of sulfone groups is 1. The molecule has 112 valence electrons. The Labute approximate surface area is 120 Å². The summed E-state index contributed by atoms with van der Waals surface area (Å²) in [7, 11) is -3.03. The first-order valence-electron chi connectivity index (χ1n) is 7.17. The number of aliphatic hydroxyl groups excluding tert-OH is 1. The summed E-state index contributed by atoms with van der Waals surface area (Å²) < 4.78 is 23.7. The van der Waals surface area contributed by atoms with Crippen LogP contribution in [0.3, 0.4) is 0 Å². The molecule has 0 aromatic heterocycles. The van der Waals surface area contributed by atoms with Gasteiger partial charge in [-0.2, -0.15) is 11.8 Å². The van der Waals surface area contributed by atoms with Crippen LogP contribution in [0.15, 0.2) is 0 Å². The molecule has 2 aliphatic rings.